The fourth-order valence-corrected chi connectivity index (χ4v) is 2.87. The third-order valence-electron chi connectivity index (χ3n) is 3.17. The number of halogens is 3. The Morgan fingerprint density at radius 1 is 1.30 bits per heavy atom. The molecule has 0 fully saturated rings. The van der Waals surface area contributed by atoms with Crippen molar-refractivity contribution in [2.45, 2.75) is 18.6 Å². The maximum Gasteiger partial charge on any atom is 0.426 e. The molecule has 124 valence electrons. The van der Waals surface area contributed by atoms with E-state index in [4.69, 9.17) is 4.55 Å². The highest BCUT2D eigenvalue weighted by atomic mass is 32.2. The highest BCUT2D eigenvalue weighted by molar-refractivity contribution is 7.85. The van der Waals surface area contributed by atoms with Gasteiger partial charge in [-0.3, -0.25) is 4.55 Å². The van der Waals surface area contributed by atoms with Crippen molar-refractivity contribution in [3.8, 4) is 0 Å². The van der Waals surface area contributed by atoms with E-state index in [0.29, 0.717) is 17.3 Å². The maximum atomic E-state index is 12.8. The second-order valence-corrected chi connectivity index (χ2v) is 6.64. The van der Waals surface area contributed by atoms with Crippen LogP contribution < -0.4 is 10.9 Å². The van der Waals surface area contributed by atoms with Gasteiger partial charge in [-0.05, 0) is 5.56 Å². The summed E-state index contributed by atoms with van der Waals surface area (Å²) in [6.45, 7) is 0. The van der Waals surface area contributed by atoms with Crippen molar-refractivity contribution in [2.75, 3.05) is 5.75 Å². The van der Waals surface area contributed by atoms with Crippen molar-refractivity contribution < 1.29 is 35.7 Å². The Morgan fingerprint density at radius 3 is 2.30 bits per heavy atom. The van der Waals surface area contributed by atoms with Crippen LogP contribution in [-0.2, 0) is 21.2 Å². The molecule has 1 N–H and O–H groups in total. The van der Waals surface area contributed by atoms with Crippen LogP contribution in [0.25, 0.3) is 0 Å². The van der Waals surface area contributed by atoms with Gasteiger partial charge in [0.05, 0.1) is 5.56 Å². The molecule has 23 heavy (non-hydrogen) atoms. The molecule has 1 aromatic rings. The fraction of sp³-hybridized carbons (Fsp3) is 0.364. The first-order chi connectivity index (χ1) is 10.3. The summed E-state index contributed by atoms with van der Waals surface area (Å²) < 4.78 is 72.8. The largest absolute Gasteiger partial charge is 0.448 e. The van der Waals surface area contributed by atoms with Gasteiger partial charge in [-0.25, -0.2) is 4.79 Å². The van der Waals surface area contributed by atoms with Crippen LogP contribution in [0, 0.1) is 0 Å². The molecule has 0 spiro atoms. The molecular formula is C11H14B3F3O5S. The SMILES string of the molecule is BCc1c(B)cc(B)cc1C(=O)OC(CS(=O)(=O)O)C(F)(F)F. The molecule has 0 heterocycles. The van der Waals surface area contributed by atoms with E-state index in [0.717, 1.165) is 5.46 Å². The fourth-order valence-electron chi connectivity index (χ4n) is 2.23. The van der Waals surface area contributed by atoms with E-state index < -0.39 is 34.1 Å². The van der Waals surface area contributed by atoms with Gasteiger partial charge in [-0.2, -0.15) is 21.6 Å². The highest BCUT2D eigenvalue weighted by Gasteiger charge is 2.45. The quantitative estimate of drug-likeness (QED) is 0.356. The molecule has 12 heteroatoms. The van der Waals surface area contributed by atoms with Crippen LogP contribution in [0.4, 0.5) is 13.2 Å². The zero-order valence-electron chi connectivity index (χ0n) is 12.8. The van der Waals surface area contributed by atoms with Crippen molar-refractivity contribution in [2.24, 2.45) is 0 Å². The van der Waals surface area contributed by atoms with E-state index in [1.807, 2.05) is 0 Å². The zero-order valence-corrected chi connectivity index (χ0v) is 13.6. The molecule has 0 saturated carbocycles. The highest BCUT2D eigenvalue weighted by Crippen LogP contribution is 2.25. The molecule has 1 unspecified atom stereocenters. The second-order valence-electron chi connectivity index (χ2n) is 5.15. The normalized spacial score (nSPS) is 13.6. The van der Waals surface area contributed by atoms with Gasteiger partial charge in [-0.15, -0.1) is 0 Å². The van der Waals surface area contributed by atoms with Crippen molar-refractivity contribution in [3.63, 3.8) is 0 Å². The van der Waals surface area contributed by atoms with Gasteiger partial charge < -0.3 is 4.74 Å². The van der Waals surface area contributed by atoms with E-state index in [9.17, 15) is 26.4 Å². The van der Waals surface area contributed by atoms with E-state index in [-0.39, 0.29) is 5.56 Å². The number of rotatable bonds is 5. The third-order valence-corrected chi connectivity index (χ3v) is 3.89. The number of carbonyl (C=O) groups excluding carboxylic acids is 1. The van der Waals surface area contributed by atoms with Gasteiger partial charge >= 0.3 is 12.1 Å². The molecule has 1 aromatic carbocycles. The van der Waals surface area contributed by atoms with Crippen molar-refractivity contribution >= 4 is 50.6 Å². The van der Waals surface area contributed by atoms with Gasteiger partial charge in [0.2, 0.25) is 6.10 Å². The Kier molecular flexibility index (Phi) is 5.97. The molecule has 0 aliphatic carbocycles. The molecule has 5 nitrogen and oxygen atoms in total. The Morgan fingerprint density at radius 2 is 1.87 bits per heavy atom. The molecule has 0 saturated heterocycles. The second kappa shape index (κ2) is 7.00. The summed E-state index contributed by atoms with van der Waals surface area (Å²) in [5.74, 6) is -3.02. The molecule has 0 radical (unpaired) electrons. The molecule has 0 amide bonds. The molecular weight excluding hydrogens is 334 g/mol. The number of carbonyl (C=O) groups is 1. The van der Waals surface area contributed by atoms with E-state index in [1.165, 1.54) is 6.07 Å². The van der Waals surface area contributed by atoms with Crippen molar-refractivity contribution in [3.05, 3.63) is 23.3 Å². The first-order valence-electron chi connectivity index (χ1n) is 6.68. The lowest BCUT2D eigenvalue weighted by molar-refractivity contribution is -0.197. The van der Waals surface area contributed by atoms with Gasteiger partial charge in [0.15, 0.2) is 0 Å². The summed E-state index contributed by atoms with van der Waals surface area (Å²) in [6, 6.07) is 3.16. The first kappa shape index (κ1) is 19.6. The number of ether oxygens (including phenoxy) is 1. The zero-order chi connectivity index (χ0) is 18.0. The number of alkyl halides is 3. The van der Waals surface area contributed by atoms with E-state index in [1.54, 1.807) is 29.6 Å². The first-order valence-corrected chi connectivity index (χ1v) is 8.29. The van der Waals surface area contributed by atoms with E-state index >= 15 is 0 Å². The van der Waals surface area contributed by atoms with Crippen LogP contribution in [0.2, 0.25) is 0 Å². The summed E-state index contributed by atoms with van der Waals surface area (Å²) in [6.07, 6.45) is -7.65. The van der Waals surface area contributed by atoms with Crippen LogP contribution in [0.1, 0.15) is 15.9 Å². The van der Waals surface area contributed by atoms with Crippen molar-refractivity contribution in [1.82, 2.24) is 0 Å². The van der Waals surface area contributed by atoms with Gasteiger partial charge in [0, 0.05) is 0 Å². The lowest BCUT2D eigenvalue weighted by Gasteiger charge is -2.21. The lowest BCUT2D eigenvalue weighted by Crippen LogP contribution is -2.40. The maximum absolute atomic E-state index is 12.8. The lowest BCUT2D eigenvalue weighted by atomic mass is 9.77. The topological polar surface area (TPSA) is 80.7 Å². The number of esters is 1. The monoisotopic (exact) mass is 348 g/mol. The minimum Gasteiger partial charge on any atom is -0.448 e. The molecule has 0 aliphatic heterocycles. The molecule has 0 aliphatic rings. The predicted molar refractivity (Wildman–Crippen MR) is 86.7 cm³/mol. The van der Waals surface area contributed by atoms with E-state index in [2.05, 4.69) is 4.74 Å². The summed E-state index contributed by atoms with van der Waals surface area (Å²) in [5, 5.41) is 0. The average Bonchev–Trinajstić information content (AvgIpc) is 2.34. The predicted octanol–water partition coefficient (Wildman–Crippen LogP) is -2.69. The molecule has 1 atom stereocenters. The Bertz CT molecular complexity index is 706. The van der Waals surface area contributed by atoms with Crippen LogP contribution in [0.5, 0.6) is 0 Å². The number of benzene rings is 1. The summed E-state index contributed by atoms with van der Waals surface area (Å²) >= 11 is 0. The molecule has 0 aromatic heterocycles. The summed E-state index contributed by atoms with van der Waals surface area (Å²) in [4.78, 5) is 12.1. The smallest absolute Gasteiger partial charge is 0.426 e. The van der Waals surface area contributed by atoms with Gasteiger partial charge in [0.25, 0.3) is 10.1 Å². The Balaban J connectivity index is 3.18. The summed E-state index contributed by atoms with van der Waals surface area (Å²) in [5.41, 5.74) is 1.85. The van der Waals surface area contributed by atoms with Crippen LogP contribution in [0.3, 0.4) is 0 Å². The summed E-state index contributed by atoms with van der Waals surface area (Å²) in [7, 11) is 0.146. The van der Waals surface area contributed by atoms with Crippen LogP contribution in [-0.4, -0.2) is 60.5 Å². The van der Waals surface area contributed by atoms with Gasteiger partial charge in [0.1, 0.15) is 29.3 Å². The standard InChI is InChI=1S/C11H14B3F3O5S/c12-3-7-6(1-5(13)2-8(7)14)10(18)22-9(11(15,16)17)4-23(19,20)21/h1-2,9H,3-4,12-14H2,(H,19,20,21). The minimum atomic E-state index is -5.11. The number of hydrogen-bond donors (Lipinski definition) is 1. The third kappa shape index (κ3) is 5.61. The van der Waals surface area contributed by atoms with Crippen molar-refractivity contribution in [1.29, 1.82) is 0 Å². The average molecular weight is 348 g/mol. The Hall–Kier alpha value is -1.42. The number of hydrogen-bond acceptors (Lipinski definition) is 4. The van der Waals surface area contributed by atoms with Crippen LogP contribution in [0.15, 0.2) is 12.1 Å². The molecule has 0 bridgehead atoms. The molecule has 1 rings (SSSR count). The minimum absolute atomic E-state index is 0.0467. The van der Waals surface area contributed by atoms with Gasteiger partial charge in [-0.1, -0.05) is 29.4 Å². The van der Waals surface area contributed by atoms with Crippen LogP contribution >= 0.6 is 0 Å². The Labute approximate surface area is 134 Å².